The van der Waals surface area contributed by atoms with E-state index in [4.69, 9.17) is 14.2 Å². The smallest absolute Gasteiger partial charge is 0.305 e. The quantitative estimate of drug-likeness (QED) is 0.0335. The molecule has 0 fully saturated rings. The van der Waals surface area contributed by atoms with E-state index < -0.39 is 0 Å². The number of nitrogens with zero attached hydrogens (tertiary/aromatic N) is 2. The van der Waals surface area contributed by atoms with Crippen LogP contribution >= 0.6 is 0 Å². The van der Waals surface area contributed by atoms with Gasteiger partial charge in [0.1, 0.15) is 18.9 Å². The van der Waals surface area contributed by atoms with Crippen molar-refractivity contribution in [2.24, 2.45) is 5.92 Å². The van der Waals surface area contributed by atoms with Gasteiger partial charge in [-0.05, 0) is 103 Å². The summed E-state index contributed by atoms with van der Waals surface area (Å²) in [5, 5.41) is 0. The predicted molar refractivity (Wildman–Crippen MR) is 450 cm³/mol. The van der Waals surface area contributed by atoms with E-state index in [0.29, 0.717) is 38.4 Å². The standard InChI is InChI=1S/C53H104N2O4.C12H26O.C10H22O.C3H6O.6C2H6/c1-4-7-9-11-17-29-39-51-59-53(58)42-32-22-19-26-36-46-55(45-35-25-18-21-31-41-52(6-3)40-30-20-12-10-8-5-2)48-47-54(43-33-23-13-15-27-37-49-56)44-34-24-14-16-28-38-50-57;1-4-6-7-8-9-10-11-12(5-2)13-3;1-3-4-5-6-7-8-9-10-11-2;1-2-3-4;6*1-2/h49-50,52H,4-48,51H2,1-3H3;12H,4-11H2,1-3H3;3-10H2,1-2H3;3H,2H2,1H3;6*1-2H3. The molecule has 9 heteroatoms. The number of ether oxygens (including phenoxy) is 3. The van der Waals surface area contributed by atoms with Crippen LogP contribution in [0.4, 0.5) is 0 Å². The zero-order chi connectivity index (χ0) is 76.7. The van der Waals surface area contributed by atoms with E-state index in [1.54, 1.807) is 7.11 Å². The van der Waals surface area contributed by atoms with E-state index in [-0.39, 0.29) is 5.97 Å². The van der Waals surface area contributed by atoms with Crippen LogP contribution in [0.15, 0.2) is 0 Å². The van der Waals surface area contributed by atoms with E-state index in [2.05, 4.69) is 51.3 Å². The van der Waals surface area contributed by atoms with Crippen molar-refractivity contribution >= 4 is 24.8 Å². The Morgan fingerprint density at radius 3 is 0.859 bits per heavy atom. The Labute approximate surface area is 628 Å². The first-order chi connectivity index (χ1) is 48.8. The molecule has 0 radical (unpaired) electrons. The van der Waals surface area contributed by atoms with Crippen molar-refractivity contribution in [3.63, 3.8) is 0 Å². The van der Waals surface area contributed by atoms with Crippen LogP contribution in [0.1, 0.15) is 485 Å². The van der Waals surface area contributed by atoms with E-state index >= 15 is 0 Å². The number of aldehydes is 3. The Kier molecular flexibility index (Phi) is 154. The largest absolute Gasteiger partial charge is 0.466 e. The highest BCUT2D eigenvalue weighted by atomic mass is 16.5. The molecule has 0 spiro atoms. The summed E-state index contributed by atoms with van der Waals surface area (Å²) in [7, 11) is 3.60. The first-order valence-corrected chi connectivity index (χ1v) is 44.7. The average Bonchev–Trinajstić information content (AvgIpc) is 2.36. The van der Waals surface area contributed by atoms with Gasteiger partial charge >= 0.3 is 5.97 Å². The van der Waals surface area contributed by atoms with Crippen molar-refractivity contribution in [1.82, 2.24) is 9.80 Å². The molecule has 0 aromatic rings. The Hall–Kier alpha value is -1.68. The van der Waals surface area contributed by atoms with Gasteiger partial charge in [-0.15, -0.1) is 0 Å². The Bertz CT molecular complexity index is 1220. The summed E-state index contributed by atoms with van der Waals surface area (Å²) in [6, 6.07) is 0. The van der Waals surface area contributed by atoms with Crippen LogP contribution in [0.5, 0.6) is 0 Å². The van der Waals surface area contributed by atoms with Gasteiger partial charge in [0.05, 0.1) is 12.7 Å². The maximum Gasteiger partial charge on any atom is 0.305 e. The van der Waals surface area contributed by atoms with Crippen molar-refractivity contribution in [2.45, 2.75) is 491 Å². The fraction of sp³-hybridized carbons (Fsp3) is 0.956. The van der Waals surface area contributed by atoms with Crippen LogP contribution in [-0.2, 0) is 33.4 Å². The SMILES string of the molecule is CC.CC.CC.CC.CC.CC.CCC=O.CCCCCCCCC(CC)OC.CCCCCCCCCOC.CCCCCCCCCOC(=O)CCCCCCCN(CCCCCCCC(CC)CCCCCCCC)CCN(CCCCCCCC=O)CCCCCCCC=O. The lowest BCUT2D eigenvalue weighted by Crippen LogP contribution is -2.37. The molecule has 0 saturated carbocycles. The maximum absolute atomic E-state index is 12.2. The van der Waals surface area contributed by atoms with Crippen LogP contribution in [-0.4, -0.2) is 107 Å². The number of unbranched alkanes of at least 4 members (excludes halogenated alkanes) is 40. The Morgan fingerprint density at radius 1 is 0.303 bits per heavy atom. The van der Waals surface area contributed by atoms with E-state index in [0.717, 1.165) is 76.5 Å². The van der Waals surface area contributed by atoms with E-state index in [1.807, 2.05) is 97.1 Å². The van der Waals surface area contributed by atoms with Crippen molar-refractivity contribution in [3.8, 4) is 0 Å². The molecule has 0 N–H and O–H groups in total. The number of hydrogen-bond acceptors (Lipinski definition) is 9. The third-order valence-electron chi connectivity index (χ3n) is 17.6. The van der Waals surface area contributed by atoms with Crippen LogP contribution in [0.3, 0.4) is 0 Å². The number of rotatable bonds is 69. The lowest BCUT2D eigenvalue weighted by molar-refractivity contribution is -0.144. The molecule has 0 heterocycles. The number of hydrogen-bond donors (Lipinski definition) is 0. The molecular formula is C90H194N2O7. The van der Waals surface area contributed by atoms with Crippen molar-refractivity contribution in [3.05, 3.63) is 0 Å². The molecule has 9 nitrogen and oxygen atoms in total. The summed E-state index contributed by atoms with van der Waals surface area (Å²) in [6.07, 6.45) is 72.5. The lowest BCUT2D eigenvalue weighted by atomic mass is 9.92. The number of esters is 1. The highest BCUT2D eigenvalue weighted by Gasteiger charge is 2.12. The number of methoxy groups -OCH3 is 2. The molecule has 99 heavy (non-hydrogen) atoms. The number of carbonyl (C=O) groups excluding carboxylic acids is 4. The summed E-state index contributed by atoms with van der Waals surface area (Å²) in [5.41, 5.74) is 0. The topological polar surface area (TPSA) is 102 Å². The second kappa shape index (κ2) is 129. The Balaban J connectivity index is -0.000000200. The third-order valence-corrected chi connectivity index (χ3v) is 17.6. The van der Waals surface area contributed by atoms with Gasteiger partial charge in [0.15, 0.2) is 0 Å². The predicted octanol–water partition coefficient (Wildman–Crippen LogP) is 29.7. The molecule has 0 aliphatic heterocycles. The molecule has 0 aliphatic rings. The minimum absolute atomic E-state index is 0.000793. The second-order valence-corrected chi connectivity index (χ2v) is 25.9. The molecule has 0 aromatic heterocycles. The highest BCUT2D eigenvalue weighted by Crippen LogP contribution is 2.22. The maximum atomic E-state index is 12.2. The summed E-state index contributed by atoms with van der Waals surface area (Å²) in [5.74, 6) is 0.943. The van der Waals surface area contributed by atoms with Crippen molar-refractivity contribution in [1.29, 1.82) is 0 Å². The normalized spacial score (nSPS) is 10.7. The van der Waals surface area contributed by atoms with Crippen LogP contribution < -0.4 is 0 Å². The highest BCUT2D eigenvalue weighted by molar-refractivity contribution is 5.69. The third kappa shape index (κ3) is 126. The van der Waals surface area contributed by atoms with Crippen LogP contribution in [0.25, 0.3) is 0 Å². The van der Waals surface area contributed by atoms with Gasteiger partial charge in [0.2, 0.25) is 0 Å². The van der Waals surface area contributed by atoms with E-state index in [1.165, 1.54) is 322 Å². The van der Waals surface area contributed by atoms with Gasteiger partial charge in [-0.3, -0.25) is 4.79 Å². The molecule has 2 unspecified atom stereocenters. The van der Waals surface area contributed by atoms with Gasteiger partial charge < -0.3 is 38.4 Å². The molecule has 0 aromatic carbocycles. The minimum atomic E-state index is 0.000793. The molecule has 2 atom stereocenters. The zero-order valence-corrected chi connectivity index (χ0v) is 72.7. The van der Waals surface area contributed by atoms with E-state index in [9.17, 15) is 19.2 Å². The van der Waals surface area contributed by atoms with Crippen molar-refractivity contribution < 1.29 is 33.4 Å². The first-order valence-electron chi connectivity index (χ1n) is 44.7. The molecule has 606 valence electrons. The average molecular weight is 1420 g/mol. The summed E-state index contributed by atoms with van der Waals surface area (Å²) in [4.78, 5) is 48.3. The van der Waals surface area contributed by atoms with Gasteiger partial charge in [-0.2, -0.15) is 0 Å². The molecule has 0 saturated heterocycles. The molecular weight excluding hydrogens is 1220 g/mol. The fourth-order valence-corrected chi connectivity index (χ4v) is 11.5. The molecule has 0 rings (SSSR count). The van der Waals surface area contributed by atoms with Crippen molar-refractivity contribution in [2.75, 3.05) is 66.7 Å². The molecule has 0 bridgehead atoms. The van der Waals surface area contributed by atoms with Gasteiger partial charge in [0, 0.05) is 59.6 Å². The Morgan fingerprint density at radius 2 is 0.576 bits per heavy atom. The minimum Gasteiger partial charge on any atom is -0.466 e. The first kappa shape index (κ1) is 118. The zero-order valence-electron chi connectivity index (χ0n) is 72.7. The fourth-order valence-electron chi connectivity index (χ4n) is 11.5. The summed E-state index contributed by atoms with van der Waals surface area (Å²) >= 11 is 0. The summed E-state index contributed by atoms with van der Waals surface area (Å²) < 4.78 is 15.8. The van der Waals surface area contributed by atoms with Gasteiger partial charge in [0.25, 0.3) is 0 Å². The number of carbonyl (C=O) groups is 4. The lowest BCUT2D eigenvalue weighted by Gasteiger charge is -2.28. The molecule has 0 amide bonds. The van der Waals surface area contributed by atoms with Gasteiger partial charge in [-0.1, -0.05) is 388 Å². The second-order valence-electron chi connectivity index (χ2n) is 25.9. The molecule has 0 aliphatic carbocycles. The van der Waals surface area contributed by atoms with Gasteiger partial charge in [-0.25, -0.2) is 0 Å². The summed E-state index contributed by atoms with van der Waals surface area (Å²) in [6.45, 7) is 48.2. The van der Waals surface area contributed by atoms with Crippen LogP contribution in [0.2, 0.25) is 0 Å². The monoisotopic (exact) mass is 1420 g/mol. The van der Waals surface area contributed by atoms with Crippen LogP contribution in [0, 0.1) is 5.92 Å².